The van der Waals surface area contributed by atoms with E-state index in [1.54, 1.807) is 9.80 Å². The SMILES string of the molecule is CC(C)CC(=O)N1CC[C@H]2CC[C@@H](C(=O)NC(c3ccccc3)c3ccccc3)N2C(=O)[C@@H](N)C1.Cl. The molecule has 2 aromatic carbocycles. The summed E-state index contributed by atoms with van der Waals surface area (Å²) < 4.78 is 0. The van der Waals surface area contributed by atoms with Gasteiger partial charge in [-0.25, -0.2) is 0 Å². The molecule has 7 nitrogen and oxygen atoms in total. The number of nitrogens with two attached hydrogens (primary N) is 1. The highest BCUT2D eigenvalue weighted by Gasteiger charge is 2.44. The Labute approximate surface area is 219 Å². The largest absolute Gasteiger partial charge is 0.343 e. The number of benzene rings is 2. The number of carbonyl (C=O) groups excluding carboxylic acids is 3. The van der Waals surface area contributed by atoms with Crippen molar-refractivity contribution in [1.82, 2.24) is 15.1 Å². The minimum Gasteiger partial charge on any atom is -0.343 e. The molecular formula is C28H37ClN4O3. The summed E-state index contributed by atoms with van der Waals surface area (Å²) in [6, 6.07) is 17.9. The van der Waals surface area contributed by atoms with E-state index in [1.807, 2.05) is 74.5 Å². The fraction of sp³-hybridized carbons (Fsp3) is 0.464. The third-order valence-corrected chi connectivity index (χ3v) is 7.01. The van der Waals surface area contributed by atoms with Crippen molar-refractivity contribution < 1.29 is 14.4 Å². The monoisotopic (exact) mass is 512 g/mol. The minimum absolute atomic E-state index is 0. The fourth-order valence-corrected chi connectivity index (χ4v) is 5.25. The number of hydrogen-bond acceptors (Lipinski definition) is 4. The number of halogens is 1. The van der Waals surface area contributed by atoms with Gasteiger partial charge in [-0.15, -0.1) is 12.4 Å². The predicted octanol–water partition coefficient (Wildman–Crippen LogP) is 3.28. The van der Waals surface area contributed by atoms with Gasteiger partial charge in [0, 0.05) is 25.6 Å². The molecule has 3 atom stereocenters. The second kappa shape index (κ2) is 12.4. The van der Waals surface area contributed by atoms with Crippen molar-refractivity contribution in [3.05, 3.63) is 71.8 Å². The van der Waals surface area contributed by atoms with Crippen LogP contribution in [0.4, 0.5) is 0 Å². The van der Waals surface area contributed by atoms with Crippen molar-refractivity contribution in [2.24, 2.45) is 11.7 Å². The lowest BCUT2D eigenvalue weighted by Gasteiger charge is -2.38. The average Bonchev–Trinajstić information content (AvgIpc) is 3.27. The molecule has 3 amide bonds. The van der Waals surface area contributed by atoms with Gasteiger partial charge in [-0.05, 0) is 36.3 Å². The predicted molar refractivity (Wildman–Crippen MR) is 142 cm³/mol. The molecule has 0 aromatic heterocycles. The lowest BCUT2D eigenvalue weighted by atomic mass is 9.98. The first kappa shape index (κ1) is 27.7. The van der Waals surface area contributed by atoms with E-state index in [0.717, 1.165) is 17.5 Å². The molecule has 4 rings (SSSR count). The maximum Gasteiger partial charge on any atom is 0.243 e. The molecule has 0 spiro atoms. The normalized spacial score (nSPS) is 22.0. The van der Waals surface area contributed by atoms with Crippen molar-refractivity contribution in [1.29, 1.82) is 0 Å². The standard InChI is InChI=1S/C28H36N4O3.ClH/c1-19(2)17-25(33)31-16-15-22-13-14-24(32(22)28(35)23(29)18-31)27(34)30-26(20-9-5-3-6-10-20)21-11-7-4-8-12-21;/h3-12,19,22-24,26H,13-18,29H2,1-2H3,(H,30,34);1H/t22-,23+,24+;/m1./s1. The Hall–Kier alpha value is -2.90. The summed E-state index contributed by atoms with van der Waals surface area (Å²) in [4.78, 5) is 43.1. The van der Waals surface area contributed by atoms with Gasteiger partial charge in [0.2, 0.25) is 17.7 Å². The number of nitrogens with one attached hydrogen (secondary N) is 1. The molecule has 0 bridgehead atoms. The molecule has 3 N–H and O–H groups in total. The first-order valence-corrected chi connectivity index (χ1v) is 12.6. The van der Waals surface area contributed by atoms with Gasteiger partial charge < -0.3 is 20.9 Å². The van der Waals surface area contributed by atoms with E-state index in [0.29, 0.717) is 25.8 Å². The Bertz CT molecular complexity index is 994. The lowest BCUT2D eigenvalue weighted by Crippen LogP contribution is -2.59. The van der Waals surface area contributed by atoms with Crippen LogP contribution >= 0.6 is 12.4 Å². The number of fused-ring (bicyclic) bond motifs is 1. The summed E-state index contributed by atoms with van der Waals surface area (Å²) in [6.07, 6.45) is 2.42. The van der Waals surface area contributed by atoms with E-state index in [1.165, 1.54) is 0 Å². The number of amides is 3. The molecule has 8 heteroatoms. The first-order chi connectivity index (χ1) is 16.8. The van der Waals surface area contributed by atoms with Crippen LogP contribution in [0.2, 0.25) is 0 Å². The molecular weight excluding hydrogens is 476 g/mol. The highest BCUT2D eigenvalue weighted by atomic mass is 35.5. The number of nitrogens with zero attached hydrogens (tertiary/aromatic N) is 2. The van der Waals surface area contributed by atoms with Crippen molar-refractivity contribution >= 4 is 30.1 Å². The van der Waals surface area contributed by atoms with Crippen molar-refractivity contribution in [3.63, 3.8) is 0 Å². The second-order valence-electron chi connectivity index (χ2n) is 10.1. The van der Waals surface area contributed by atoms with E-state index in [4.69, 9.17) is 5.73 Å². The second-order valence-corrected chi connectivity index (χ2v) is 10.1. The van der Waals surface area contributed by atoms with Crippen molar-refractivity contribution in [2.75, 3.05) is 13.1 Å². The number of rotatable bonds is 6. The topological polar surface area (TPSA) is 95.7 Å². The van der Waals surface area contributed by atoms with Gasteiger partial charge in [0.25, 0.3) is 0 Å². The zero-order valence-corrected chi connectivity index (χ0v) is 21.8. The zero-order chi connectivity index (χ0) is 24.9. The highest BCUT2D eigenvalue weighted by Crippen LogP contribution is 2.31. The average molecular weight is 513 g/mol. The van der Waals surface area contributed by atoms with Gasteiger partial charge in [0.15, 0.2) is 0 Å². The molecule has 194 valence electrons. The maximum atomic E-state index is 13.6. The summed E-state index contributed by atoms with van der Waals surface area (Å²) in [5, 5.41) is 3.21. The van der Waals surface area contributed by atoms with Crippen LogP contribution in [0.1, 0.15) is 56.7 Å². The minimum atomic E-state index is -0.832. The molecule has 2 aliphatic heterocycles. The van der Waals surface area contributed by atoms with Gasteiger partial charge in [0.1, 0.15) is 12.1 Å². The summed E-state index contributed by atoms with van der Waals surface area (Å²) in [7, 11) is 0. The van der Waals surface area contributed by atoms with Crippen LogP contribution in [0.25, 0.3) is 0 Å². The molecule has 2 heterocycles. The van der Waals surface area contributed by atoms with Gasteiger partial charge in [0.05, 0.1) is 6.04 Å². The molecule has 2 saturated heterocycles. The van der Waals surface area contributed by atoms with Crippen LogP contribution in [0.3, 0.4) is 0 Å². The van der Waals surface area contributed by atoms with Crippen molar-refractivity contribution in [3.8, 4) is 0 Å². The Morgan fingerprint density at radius 3 is 2.11 bits per heavy atom. The summed E-state index contributed by atoms with van der Waals surface area (Å²) in [5.41, 5.74) is 8.26. The van der Waals surface area contributed by atoms with Gasteiger partial charge in [-0.2, -0.15) is 0 Å². The molecule has 2 fully saturated rings. The Morgan fingerprint density at radius 1 is 0.972 bits per heavy atom. The molecule has 2 aromatic rings. The number of carbonyl (C=O) groups is 3. The number of hydrogen-bond donors (Lipinski definition) is 2. The first-order valence-electron chi connectivity index (χ1n) is 12.6. The zero-order valence-electron chi connectivity index (χ0n) is 21.0. The van der Waals surface area contributed by atoms with Crippen LogP contribution in [-0.4, -0.2) is 58.7 Å². The Kier molecular flexibility index (Phi) is 9.51. The Balaban J connectivity index is 0.00000361. The summed E-state index contributed by atoms with van der Waals surface area (Å²) in [5.74, 6) is -0.125. The lowest BCUT2D eigenvalue weighted by molar-refractivity contribution is -0.145. The maximum absolute atomic E-state index is 13.6. The van der Waals surface area contributed by atoms with Crippen LogP contribution < -0.4 is 11.1 Å². The quantitative estimate of drug-likeness (QED) is 0.621. The van der Waals surface area contributed by atoms with Gasteiger partial charge >= 0.3 is 0 Å². The fourth-order valence-electron chi connectivity index (χ4n) is 5.25. The van der Waals surface area contributed by atoms with E-state index >= 15 is 0 Å². The summed E-state index contributed by atoms with van der Waals surface area (Å²) in [6.45, 7) is 4.76. The smallest absolute Gasteiger partial charge is 0.243 e. The van der Waals surface area contributed by atoms with Crippen LogP contribution in [0.5, 0.6) is 0 Å². The van der Waals surface area contributed by atoms with Crippen LogP contribution in [0.15, 0.2) is 60.7 Å². The van der Waals surface area contributed by atoms with E-state index < -0.39 is 12.1 Å². The van der Waals surface area contributed by atoms with Crippen LogP contribution in [-0.2, 0) is 14.4 Å². The molecule has 2 aliphatic rings. The van der Waals surface area contributed by atoms with Gasteiger partial charge in [-0.1, -0.05) is 74.5 Å². The third-order valence-electron chi connectivity index (χ3n) is 7.01. The summed E-state index contributed by atoms with van der Waals surface area (Å²) >= 11 is 0. The van der Waals surface area contributed by atoms with Crippen LogP contribution in [0, 0.1) is 5.92 Å². The van der Waals surface area contributed by atoms with Gasteiger partial charge in [-0.3, -0.25) is 14.4 Å². The highest BCUT2D eigenvalue weighted by molar-refractivity contribution is 5.91. The Morgan fingerprint density at radius 2 is 1.56 bits per heavy atom. The van der Waals surface area contributed by atoms with Crippen molar-refractivity contribution in [2.45, 2.75) is 63.7 Å². The van der Waals surface area contributed by atoms with E-state index in [9.17, 15) is 14.4 Å². The van der Waals surface area contributed by atoms with E-state index in [2.05, 4.69) is 5.32 Å². The van der Waals surface area contributed by atoms with E-state index in [-0.39, 0.29) is 54.7 Å². The molecule has 0 radical (unpaired) electrons. The molecule has 0 saturated carbocycles. The molecule has 0 unspecified atom stereocenters. The molecule has 36 heavy (non-hydrogen) atoms. The third kappa shape index (κ3) is 6.26. The molecule has 0 aliphatic carbocycles.